The van der Waals surface area contributed by atoms with Crippen LogP contribution in [0.5, 0.6) is 0 Å². The van der Waals surface area contributed by atoms with Crippen LogP contribution in [0.15, 0.2) is 47.8 Å². The molecular weight excluding hydrogens is 247 g/mol. The summed E-state index contributed by atoms with van der Waals surface area (Å²) in [5.74, 6) is 0.310. The van der Waals surface area contributed by atoms with Crippen LogP contribution in [0.25, 0.3) is 0 Å². The van der Waals surface area contributed by atoms with Crippen LogP contribution in [0.3, 0.4) is 0 Å². The molecule has 3 N–H and O–H groups in total. The summed E-state index contributed by atoms with van der Waals surface area (Å²) >= 11 is 0. The van der Waals surface area contributed by atoms with E-state index in [2.05, 4.69) is 10.1 Å². The third-order valence-electron chi connectivity index (χ3n) is 2.69. The van der Waals surface area contributed by atoms with E-state index in [1.165, 1.54) is 18.3 Å². The second-order valence-corrected chi connectivity index (χ2v) is 3.93. The van der Waals surface area contributed by atoms with Crippen LogP contribution in [0.4, 0.5) is 15.9 Å². The zero-order valence-electron chi connectivity index (χ0n) is 10.3. The van der Waals surface area contributed by atoms with Crippen molar-refractivity contribution in [3.8, 4) is 0 Å². The van der Waals surface area contributed by atoms with E-state index in [9.17, 15) is 4.39 Å². The molecule has 0 aliphatic carbocycles. The fraction of sp³-hybridized carbons (Fsp3) is 0.0769. The predicted octanol–water partition coefficient (Wildman–Crippen LogP) is 2.08. The molecule has 1 heterocycles. The standard InChI is InChI=1S/C13H13FN4O/c1-18(11-4-2-3-10(14)7-11)12-6-5-9(8-16-12)13(15)17-19/h2-8,19H,1H3,(H2,15,17). The molecule has 0 bridgehead atoms. The molecule has 0 spiro atoms. The number of aromatic nitrogens is 1. The number of nitrogens with two attached hydrogens (primary N) is 1. The Balaban J connectivity index is 2.27. The van der Waals surface area contributed by atoms with Gasteiger partial charge in [-0.05, 0) is 30.3 Å². The van der Waals surface area contributed by atoms with Gasteiger partial charge >= 0.3 is 0 Å². The second-order valence-electron chi connectivity index (χ2n) is 3.93. The van der Waals surface area contributed by atoms with Gasteiger partial charge in [-0.1, -0.05) is 11.2 Å². The van der Waals surface area contributed by atoms with Gasteiger partial charge in [0.1, 0.15) is 11.6 Å². The van der Waals surface area contributed by atoms with Crippen LogP contribution < -0.4 is 10.6 Å². The fourth-order valence-electron chi connectivity index (χ4n) is 1.61. The number of pyridine rings is 1. The van der Waals surface area contributed by atoms with Gasteiger partial charge in [-0.2, -0.15) is 0 Å². The first kappa shape index (κ1) is 12.8. The first-order valence-corrected chi connectivity index (χ1v) is 5.55. The number of oxime groups is 1. The van der Waals surface area contributed by atoms with Gasteiger partial charge in [-0.25, -0.2) is 9.37 Å². The lowest BCUT2D eigenvalue weighted by atomic mass is 10.2. The lowest BCUT2D eigenvalue weighted by molar-refractivity contribution is 0.318. The van der Waals surface area contributed by atoms with Crippen molar-refractivity contribution in [1.82, 2.24) is 4.98 Å². The summed E-state index contributed by atoms with van der Waals surface area (Å²) in [7, 11) is 1.78. The van der Waals surface area contributed by atoms with Crippen molar-refractivity contribution in [2.24, 2.45) is 10.9 Å². The maximum atomic E-state index is 13.2. The van der Waals surface area contributed by atoms with E-state index in [0.717, 1.165) is 0 Å². The zero-order valence-corrected chi connectivity index (χ0v) is 10.3. The minimum atomic E-state index is -0.308. The highest BCUT2D eigenvalue weighted by Crippen LogP contribution is 2.22. The fourth-order valence-corrected chi connectivity index (χ4v) is 1.61. The van der Waals surface area contributed by atoms with Gasteiger partial charge in [-0.3, -0.25) is 0 Å². The molecule has 6 heteroatoms. The smallest absolute Gasteiger partial charge is 0.171 e. The van der Waals surface area contributed by atoms with Crippen molar-refractivity contribution >= 4 is 17.3 Å². The Morgan fingerprint density at radius 3 is 2.74 bits per heavy atom. The molecule has 1 aromatic heterocycles. The molecule has 0 unspecified atom stereocenters. The van der Waals surface area contributed by atoms with Crippen molar-refractivity contribution in [2.75, 3.05) is 11.9 Å². The molecule has 0 saturated heterocycles. The summed E-state index contributed by atoms with van der Waals surface area (Å²) in [6.45, 7) is 0. The molecule has 2 rings (SSSR count). The van der Waals surface area contributed by atoms with Gasteiger partial charge in [0.05, 0.1) is 0 Å². The molecule has 2 aromatic rings. The number of amidine groups is 1. The average Bonchev–Trinajstić information content (AvgIpc) is 2.46. The van der Waals surface area contributed by atoms with Crippen LogP contribution in [0.2, 0.25) is 0 Å². The maximum absolute atomic E-state index is 13.2. The molecule has 0 radical (unpaired) electrons. The van der Waals surface area contributed by atoms with Crippen LogP contribution >= 0.6 is 0 Å². The first-order chi connectivity index (χ1) is 9.11. The Hall–Kier alpha value is -2.63. The number of nitrogens with zero attached hydrogens (tertiary/aromatic N) is 3. The third kappa shape index (κ3) is 2.79. The van der Waals surface area contributed by atoms with Gasteiger partial charge < -0.3 is 15.8 Å². The molecule has 5 nitrogen and oxygen atoms in total. The lowest BCUT2D eigenvalue weighted by Gasteiger charge is -2.18. The lowest BCUT2D eigenvalue weighted by Crippen LogP contribution is -2.15. The summed E-state index contributed by atoms with van der Waals surface area (Å²) in [6, 6.07) is 9.59. The Kier molecular flexibility index (Phi) is 3.61. The van der Waals surface area contributed by atoms with Crippen LogP contribution in [-0.2, 0) is 0 Å². The number of hydrogen-bond donors (Lipinski definition) is 2. The van der Waals surface area contributed by atoms with Gasteiger partial charge in [-0.15, -0.1) is 0 Å². The summed E-state index contributed by atoms with van der Waals surface area (Å²) in [5, 5.41) is 11.5. The van der Waals surface area contributed by atoms with E-state index in [0.29, 0.717) is 17.1 Å². The van der Waals surface area contributed by atoms with E-state index in [1.807, 2.05) is 0 Å². The van der Waals surface area contributed by atoms with E-state index in [-0.39, 0.29) is 11.7 Å². The predicted molar refractivity (Wildman–Crippen MR) is 71.2 cm³/mol. The van der Waals surface area contributed by atoms with Crippen molar-refractivity contribution in [2.45, 2.75) is 0 Å². The van der Waals surface area contributed by atoms with Crippen LogP contribution in [0.1, 0.15) is 5.56 Å². The molecular formula is C13H13FN4O. The first-order valence-electron chi connectivity index (χ1n) is 5.55. The second kappa shape index (κ2) is 5.34. The third-order valence-corrected chi connectivity index (χ3v) is 2.69. The summed E-state index contributed by atoms with van der Waals surface area (Å²) in [6.07, 6.45) is 1.49. The Labute approximate surface area is 109 Å². The topological polar surface area (TPSA) is 74.7 Å². The molecule has 98 valence electrons. The average molecular weight is 260 g/mol. The summed E-state index contributed by atoms with van der Waals surface area (Å²) < 4.78 is 13.2. The highest BCUT2D eigenvalue weighted by molar-refractivity contribution is 5.96. The highest BCUT2D eigenvalue weighted by Gasteiger charge is 2.07. The van der Waals surface area contributed by atoms with Crippen LogP contribution in [-0.4, -0.2) is 23.1 Å². The Morgan fingerprint density at radius 1 is 1.37 bits per heavy atom. The normalized spacial score (nSPS) is 11.4. The molecule has 0 amide bonds. The Morgan fingerprint density at radius 2 is 2.16 bits per heavy atom. The molecule has 0 fully saturated rings. The highest BCUT2D eigenvalue weighted by atomic mass is 19.1. The molecule has 0 aliphatic heterocycles. The summed E-state index contributed by atoms with van der Waals surface area (Å²) in [5.41, 5.74) is 6.65. The SMILES string of the molecule is CN(c1cccc(F)c1)c1ccc(C(N)=NO)cn1. The van der Waals surface area contributed by atoms with Gasteiger partial charge in [0.2, 0.25) is 0 Å². The minimum Gasteiger partial charge on any atom is -0.409 e. The Bertz CT molecular complexity index is 598. The van der Waals surface area contributed by atoms with Gasteiger partial charge in [0.25, 0.3) is 0 Å². The van der Waals surface area contributed by atoms with Crippen molar-refractivity contribution in [1.29, 1.82) is 0 Å². The number of rotatable bonds is 3. The number of halogens is 1. The van der Waals surface area contributed by atoms with Crippen molar-refractivity contribution < 1.29 is 9.60 Å². The zero-order chi connectivity index (χ0) is 13.8. The van der Waals surface area contributed by atoms with Crippen LogP contribution in [0, 0.1) is 5.82 Å². The largest absolute Gasteiger partial charge is 0.409 e. The number of anilines is 2. The summed E-state index contributed by atoms with van der Waals surface area (Å²) in [4.78, 5) is 5.92. The number of benzene rings is 1. The van der Waals surface area contributed by atoms with E-state index in [4.69, 9.17) is 10.9 Å². The minimum absolute atomic E-state index is 0.00698. The molecule has 0 atom stereocenters. The molecule has 1 aromatic carbocycles. The molecule has 19 heavy (non-hydrogen) atoms. The quantitative estimate of drug-likeness (QED) is 0.383. The van der Waals surface area contributed by atoms with E-state index >= 15 is 0 Å². The monoisotopic (exact) mass is 260 g/mol. The van der Waals surface area contributed by atoms with Crippen molar-refractivity contribution in [3.05, 3.63) is 54.0 Å². The van der Waals surface area contributed by atoms with E-state index < -0.39 is 0 Å². The molecule has 0 aliphatic rings. The van der Waals surface area contributed by atoms with E-state index in [1.54, 1.807) is 36.2 Å². The maximum Gasteiger partial charge on any atom is 0.171 e. The van der Waals surface area contributed by atoms with Crippen molar-refractivity contribution in [3.63, 3.8) is 0 Å². The number of hydrogen-bond acceptors (Lipinski definition) is 4. The van der Waals surface area contributed by atoms with Gasteiger partial charge in [0.15, 0.2) is 5.84 Å². The molecule has 0 saturated carbocycles. The van der Waals surface area contributed by atoms with Gasteiger partial charge in [0, 0.05) is 24.5 Å².